The fourth-order valence-electron chi connectivity index (χ4n) is 3.85. The van der Waals surface area contributed by atoms with Gasteiger partial charge in [-0.3, -0.25) is 9.59 Å². The molecule has 0 aliphatic rings. The zero-order valence-electron chi connectivity index (χ0n) is 16.6. The van der Waals surface area contributed by atoms with Crippen LogP contribution in [0.25, 0.3) is 32.7 Å². The first kappa shape index (κ1) is 19.4. The number of carbonyl (C=O) groups excluding carboxylic acids is 2. The number of benzene rings is 3. The van der Waals surface area contributed by atoms with E-state index in [-0.39, 0.29) is 11.6 Å². The second kappa shape index (κ2) is 7.31. The van der Waals surface area contributed by atoms with Crippen LogP contribution in [0.1, 0.15) is 38.8 Å². The van der Waals surface area contributed by atoms with E-state index in [0.717, 1.165) is 32.7 Å². The second-order valence-electron chi connectivity index (χ2n) is 7.13. The van der Waals surface area contributed by atoms with Crippen LogP contribution in [0.15, 0.2) is 59.9 Å². The Morgan fingerprint density at radius 1 is 0.643 bits per heavy atom. The van der Waals surface area contributed by atoms with E-state index >= 15 is 0 Å². The Morgan fingerprint density at radius 2 is 1.04 bits per heavy atom. The second-order valence-corrected chi connectivity index (χ2v) is 7.13. The fourth-order valence-corrected chi connectivity index (χ4v) is 3.85. The van der Waals surface area contributed by atoms with E-state index in [9.17, 15) is 9.59 Å². The normalized spacial score (nSPS) is 13.3. The highest BCUT2D eigenvalue weighted by molar-refractivity contribution is 6.26. The number of carbonyl (C=O) groups is 2. The minimum absolute atomic E-state index is 0.0806. The zero-order chi connectivity index (χ0) is 20.6. The van der Waals surface area contributed by atoms with E-state index in [1.165, 1.54) is 13.8 Å². The average molecular weight is 372 g/mol. The lowest BCUT2D eigenvalue weighted by atomic mass is 9.89. The number of allylic oxidation sites excluding steroid dienone is 4. The molecule has 0 amide bonds. The van der Waals surface area contributed by atoms with Crippen LogP contribution in [0.5, 0.6) is 0 Å². The topological polar surface area (TPSA) is 86.2 Å². The number of ketones is 2. The van der Waals surface area contributed by atoms with Crippen LogP contribution in [0.3, 0.4) is 0 Å². The van der Waals surface area contributed by atoms with Crippen molar-refractivity contribution in [3.8, 4) is 0 Å². The van der Waals surface area contributed by atoms with Crippen LogP contribution in [0, 0.1) is 0 Å². The summed E-state index contributed by atoms with van der Waals surface area (Å²) < 4.78 is 0. The van der Waals surface area contributed by atoms with E-state index in [2.05, 4.69) is 6.07 Å². The van der Waals surface area contributed by atoms with Crippen molar-refractivity contribution in [1.29, 1.82) is 0 Å². The first-order valence-corrected chi connectivity index (χ1v) is 9.13. The molecular formula is C24H24N2O2. The Kier molecular flexibility index (Phi) is 5.06. The summed E-state index contributed by atoms with van der Waals surface area (Å²) in [4.78, 5) is 24.5. The summed E-state index contributed by atoms with van der Waals surface area (Å²) in [6.45, 7) is 6.50. The molecule has 3 rings (SSSR count). The summed E-state index contributed by atoms with van der Waals surface area (Å²) in [5.41, 5.74) is 15.6. The highest BCUT2D eigenvalue weighted by Crippen LogP contribution is 2.34. The number of nitrogens with two attached hydrogens (primary N) is 2. The molecule has 142 valence electrons. The third-order valence-electron chi connectivity index (χ3n) is 4.91. The maximum atomic E-state index is 12.2. The number of fused-ring (bicyclic) bond motifs is 2. The third-order valence-corrected chi connectivity index (χ3v) is 4.91. The average Bonchev–Trinajstić information content (AvgIpc) is 2.59. The minimum Gasteiger partial charge on any atom is -0.402 e. The van der Waals surface area contributed by atoms with Crippen molar-refractivity contribution in [3.05, 3.63) is 71.1 Å². The van der Waals surface area contributed by atoms with Crippen LogP contribution in [0.4, 0.5) is 0 Å². The quantitative estimate of drug-likeness (QED) is 0.519. The highest BCUT2D eigenvalue weighted by atomic mass is 16.1. The molecule has 0 aromatic heterocycles. The van der Waals surface area contributed by atoms with Crippen molar-refractivity contribution in [1.82, 2.24) is 0 Å². The number of hydrogen-bond acceptors (Lipinski definition) is 4. The van der Waals surface area contributed by atoms with Crippen molar-refractivity contribution >= 4 is 44.3 Å². The summed E-state index contributed by atoms with van der Waals surface area (Å²) in [6, 6.07) is 15.7. The molecular weight excluding hydrogens is 348 g/mol. The van der Waals surface area contributed by atoms with Crippen LogP contribution >= 0.6 is 0 Å². The van der Waals surface area contributed by atoms with Crippen molar-refractivity contribution in [2.24, 2.45) is 11.5 Å². The van der Waals surface area contributed by atoms with Crippen molar-refractivity contribution in [3.63, 3.8) is 0 Å². The molecule has 3 aromatic rings. The molecule has 0 saturated heterocycles. The lowest BCUT2D eigenvalue weighted by Gasteiger charge is -2.14. The van der Waals surface area contributed by atoms with Gasteiger partial charge >= 0.3 is 0 Å². The molecule has 4 heteroatoms. The van der Waals surface area contributed by atoms with E-state index < -0.39 is 0 Å². The standard InChI is InChI=1S/C24H24N2O2/c1-13(25)23(15(3)27)19-9-5-7-17-11-18-8-6-10-20(22(18)12-21(17)19)24(14(2)26)16(4)28/h5-12H,25-26H2,1-4H3/b23-13-,24-14-. The third kappa shape index (κ3) is 3.29. The summed E-state index contributed by atoms with van der Waals surface area (Å²) >= 11 is 0. The Hall–Kier alpha value is -3.40. The molecule has 28 heavy (non-hydrogen) atoms. The van der Waals surface area contributed by atoms with E-state index in [1.54, 1.807) is 13.8 Å². The van der Waals surface area contributed by atoms with Gasteiger partial charge in [-0.2, -0.15) is 0 Å². The minimum atomic E-state index is -0.0806. The van der Waals surface area contributed by atoms with E-state index in [1.807, 2.05) is 42.5 Å². The Labute approximate surface area is 164 Å². The number of hydrogen-bond donors (Lipinski definition) is 2. The molecule has 0 aliphatic carbocycles. The lowest BCUT2D eigenvalue weighted by molar-refractivity contribution is -0.112. The molecule has 4 N–H and O–H groups in total. The van der Waals surface area contributed by atoms with Gasteiger partial charge in [0, 0.05) is 22.5 Å². The van der Waals surface area contributed by atoms with E-state index in [0.29, 0.717) is 22.5 Å². The van der Waals surface area contributed by atoms with Gasteiger partial charge in [-0.15, -0.1) is 0 Å². The maximum absolute atomic E-state index is 12.2. The summed E-state index contributed by atoms with van der Waals surface area (Å²) in [6.07, 6.45) is 0. The zero-order valence-corrected chi connectivity index (χ0v) is 16.6. The summed E-state index contributed by atoms with van der Waals surface area (Å²) in [5, 5.41) is 3.82. The molecule has 0 bridgehead atoms. The molecule has 0 atom stereocenters. The smallest absolute Gasteiger partial charge is 0.162 e. The van der Waals surface area contributed by atoms with Gasteiger partial charge in [-0.25, -0.2) is 0 Å². The van der Waals surface area contributed by atoms with Gasteiger partial charge in [-0.05, 0) is 72.5 Å². The van der Waals surface area contributed by atoms with Crippen molar-refractivity contribution in [2.45, 2.75) is 27.7 Å². The largest absolute Gasteiger partial charge is 0.402 e. The van der Waals surface area contributed by atoms with Gasteiger partial charge in [0.2, 0.25) is 0 Å². The van der Waals surface area contributed by atoms with Crippen LogP contribution in [-0.2, 0) is 9.59 Å². The first-order valence-electron chi connectivity index (χ1n) is 9.13. The molecule has 3 aromatic carbocycles. The molecule has 0 spiro atoms. The SMILES string of the molecule is CC(=O)/C(=C(\C)N)c1cccc2cc3cccc(/C(C(C)=O)=C(/C)N)c3cc12. The summed E-state index contributed by atoms with van der Waals surface area (Å²) in [5.74, 6) is -0.161. The molecule has 0 unspecified atom stereocenters. The molecule has 0 saturated carbocycles. The molecule has 0 fully saturated rings. The van der Waals surface area contributed by atoms with Crippen LogP contribution in [0.2, 0.25) is 0 Å². The van der Waals surface area contributed by atoms with Gasteiger partial charge in [0.25, 0.3) is 0 Å². The fraction of sp³-hybridized carbons (Fsp3) is 0.167. The molecule has 4 nitrogen and oxygen atoms in total. The highest BCUT2D eigenvalue weighted by Gasteiger charge is 2.17. The first-order chi connectivity index (χ1) is 13.2. The Bertz CT molecular complexity index is 1100. The monoisotopic (exact) mass is 372 g/mol. The van der Waals surface area contributed by atoms with Gasteiger partial charge in [0.1, 0.15) is 0 Å². The summed E-state index contributed by atoms with van der Waals surface area (Å²) in [7, 11) is 0. The molecule has 0 aliphatic heterocycles. The predicted molar refractivity (Wildman–Crippen MR) is 116 cm³/mol. The Morgan fingerprint density at radius 3 is 1.36 bits per heavy atom. The molecule has 0 radical (unpaired) electrons. The van der Waals surface area contributed by atoms with E-state index in [4.69, 9.17) is 11.5 Å². The van der Waals surface area contributed by atoms with Gasteiger partial charge in [0.05, 0.1) is 0 Å². The van der Waals surface area contributed by atoms with Gasteiger partial charge in [0.15, 0.2) is 11.6 Å². The maximum Gasteiger partial charge on any atom is 0.162 e. The van der Waals surface area contributed by atoms with Crippen molar-refractivity contribution in [2.75, 3.05) is 0 Å². The molecule has 0 heterocycles. The van der Waals surface area contributed by atoms with Crippen LogP contribution in [-0.4, -0.2) is 11.6 Å². The van der Waals surface area contributed by atoms with Crippen LogP contribution < -0.4 is 11.5 Å². The lowest BCUT2D eigenvalue weighted by Crippen LogP contribution is -2.06. The van der Waals surface area contributed by atoms with Gasteiger partial charge < -0.3 is 11.5 Å². The number of rotatable bonds is 4. The van der Waals surface area contributed by atoms with Gasteiger partial charge in [-0.1, -0.05) is 36.4 Å². The predicted octanol–water partition coefficient (Wildman–Crippen LogP) is 4.55. The number of Topliss-reactive ketones (excluding diaryl/α,β-unsaturated/α-hetero) is 2. The Balaban J connectivity index is 2.47. The van der Waals surface area contributed by atoms with Crippen molar-refractivity contribution < 1.29 is 9.59 Å².